The smallest absolute Gasteiger partial charge is 0.240 e. The zero-order valence-corrected chi connectivity index (χ0v) is 15.5. The lowest BCUT2D eigenvalue weighted by molar-refractivity contribution is -0.144. The van der Waals surface area contributed by atoms with Crippen LogP contribution in [0.1, 0.15) is 64.2 Å². The van der Waals surface area contributed by atoms with Crippen molar-refractivity contribution in [3.8, 4) is 0 Å². The highest BCUT2D eigenvalue weighted by Crippen LogP contribution is 2.59. The molecule has 0 spiro atoms. The quantitative estimate of drug-likeness (QED) is 0.785. The number of carbonyl (C=O) groups is 3. The van der Waals surface area contributed by atoms with Crippen LogP contribution in [-0.2, 0) is 14.4 Å². The van der Waals surface area contributed by atoms with Crippen LogP contribution in [-0.4, -0.2) is 35.7 Å². The number of rotatable bonds is 4. The number of hydrogen-bond donors (Lipinski definition) is 1. The fourth-order valence-corrected chi connectivity index (χ4v) is 7.38. The van der Waals surface area contributed by atoms with E-state index >= 15 is 0 Å². The van der Waals surface area contributed by atoms with Gasteiger partial charge in [-0.1, -0.05) is 12.8 Å². The highest BCUT2D eigenvalue weighted by atomic mass is 16.2. The zero-order valence-electron chi connectivity index (χ0n) is 15.5. The molecule has 0 radical (unpaired) electrons. The first-order valence-corrected chi connectivity index (χ1v) is 10.6. The second-order valence-electron chi connectivity index (χ2n) is 9.95. The lowest BCUT2D eigenvalue weighted by atomic mass is 9.49. The van der Waals surface area contributed by atoms with Gasteiger partial charge in [-0.05, 0) is 74.5 Å². The predicted octanol–water partition coefficient (Wildman–Crippen LogP) is 2.49. The van der Waals surface area contributed by atoms with Crippen molar-refractivity contribution >= 4 is 17.7 Å². The van der Waals surface area contributed by atoms with Crippen molar-refractivity contribution in [2.75, 3.05) is 13.1 Å². The number of likely N-dealkylation sites (tertiary alicyclic amines) is 1. The van der Waals surface area contributed by atoms with E-state index in [4.69, 9.17) is 0 Å². The minimum atomic E-state index is -0.160. The van der Waals surface area contributed by atoms with E-state index in [1.54, 1.807) is 0 Å². The van der Waals surface area contributed by atoms with E-state index in [1.807, 2.05) is 0 Å². The van der Waals surface area contributed by atoms with Crippen LogP contribution in [0.4, 0.5) is 0 Å². The van der Waals surface area contributed by atoms with Gasteiger partial charge in [-0.15, -0.1) is 0 Å². The van der Waals surface area contributed by atoms with Crippen molar-refractivity contribution in [2.24, 2.45) is 35.0 Å². The molecule has 0 aromatic heterocycles. The molecule has 3 amide bonds. The molecule has 1 saturated heterocycles. The van der Waals surface area contributed by atoms with E-state index in [0.29, 0.717) is 0 Å². The Kier molecular flexibility index (Phi) is 3.91. The number of amides is 3. The third kappa shape index (κ3) is 2.69. The molecule has 6 aliphatic rings. The summed E-state index contributed by atoms with van der Waals surface area (Å²) >= 11 is 0. The van der Waals surface area contributed by atoms with Gasteiger partial charge in [0.15, 0.2) is 0 Å². The van der Waals surface area contributed by atoms with E-state index in [1.165, 1.54) is 43.4 Å². The van der Waals surface area contributed by atoms with Gasteiger partial charge in [-0.3, -0.25) is 19.3 Å². The highest BCUT2D eigenvalue weighted by Gasteiger charge is 2.51. The summed E-state index contributed by atoms with van der Waals surface area (Å²) in [6.07, 6.45) is 11.6. The SMILES string of the molecule is O=C(CN1C(=O)C2CCCCC2C1=O)NCC12CC3CC(CC(C3)C1)C2. The van der Waals surface area contributed by atoms with E-state index < -0.39 is 0 Å². The van der Waals surface area contributed by atoms with E-state index in [9.17, 15) is 14.4 Å². The van der Waals surface area contributed by atoms with Gasteiger partial charge in [0.25, 0.3) is 0 Å². The van der Waals surface area contributed by atoms with Gasteiger partial charge in [0.2, 0.25) is 17.7 Å². The maximum Gasteiger partial charge on any atom is 0.240 e. The molecule has 2 atom stereocenters. The van der Waals surface area contributed by atoms with Crippen LogP contribution in [0.25, 0.3) is 0 Å². The second kappa shape index (κ2) is 6.07. The summed E-state index contributed by atoms with van der Waals surface area (Å²) in [7, 11) is 0. The fourth-order valence-electron chi connectivity index (χ4n) is 7.38. The van der Waals surface area contributed by atoms with Crippen molar-refractivity contribution in [1.29, 1.82) is 0 Å². The lowest BCUT2D eigenvalue weighted by Crippen LogP contribution is -2.52. The Morgan fingerprint density at radius 2 is 1.42 bits per heavy atom. The van der Waals surface area contributed by atoms with Crippen LogP contribution in [0.3, 0.4) is 0 Å². The summed E-state index contributed by atoms with van der Waals surface area (Å²) in [5.74, 6) is 1.91. The van der Waals surface area contributed by atoms with E-state index in [2.05, 4.69) is 5.32 Å². The molecule has 1 N–H and O–H groups in total. The number of imide groups is 1. The fraction of sp³-hybridized carbons (Fsp3) is 0.857. The Morgan fingerprint density at radius 1 is 0.923 bits per heavy atom. The van der Waals surface area contributed by atoms with Crippen LogP contribution < -0.4 is 5.32 Å². The Bertz CT molecular complexity index is 584. The topological polar surface area (TPSA) is 66.5 Å². The number of nitrogens with zero attached hydrogens (tertiary/aromatic N) is 1. The molecule has 0 aromatic carbocycles. The first kappa shape index (κ1) is 16.8. The molecular formula is C21H30N2O3. The first-order chi connectivity index (χ1) is 12.5. The maximum absolute atomic E-state index is 12.5. The van der Waals surface area contributed by atoms with Gasteiger partial charge < -0.3 is 5.32 Å². The lowest BCUT2D eigenvalue weighted by Gasteiger charge is -2.56. The van der Waals surface area contributed by atoms with Crippen LogP contribution in [0.15, 0.2) is 0 Å². The number of nitrogens with one attached hydrogen (secondary N) is 1. The molecule has 1 heterocycles. The average Bonchev–Trinajstić information content (AvgIpc) is 2.84. The standard InChI is InChI=1S/C21H30N2O3/c24-18(11-23-19(25)16-3-1-2-4-17(16)20(23)26)22-12-21-8-13-5-14(9-21)7-15(6-13)10-21/h13-17H,1-12H2,(H,22,24). The third-order valence-corrected chi connectivity index (χ3v) is 8.06. The van der Waals surface area contributed by atoms with Gasteiger partial charge in [0, 0.05) is 6.54 Å². The molecule has 5 nitrogen and oxygen atoms in total. The molecule has 1 aliphatic heterocycles. The van der Waals surface area contributed by atoms with Gasteiger partial charge in [0.1, 0.15) is 6.54 Å². The maximum atomic E-state index is 12.5. The Hall–Kier alpha value is -1.39. The molecule has 0 aromatic rings. The Balaban J connectivity index is 1.19. The normalized spacial score (nSPS) is 43.7. The molecule has 142 valence electrons. The van der Waals surface area contributed by atoms with Gasteiger partial charge >= 0.3 is 0 Å². The van der Waals surface area contributed by atoms with E-state index in [0.717, 1.165) is 50.0 Å². The first-order valence-electron chi connectivity index (χ1n) is 10.6. The molecule has 4 bridgehead atoms. The summed E-state index contributed by atoms with van der Waals surface area (Å²) in [4.78, 5) is 38.9. The average molecular weight is 358 g/mol. The number of hydrogen-bond acceptors (Lipinski definition) is 3. The minimum Gasteiger partial charge on any atom is -0.354 e. The number of carbonyl (C=O) groups excluding carboxylic acids is 3. The zero-order chi connectivity index (χ0) is 17.9. The minimum absolute atomic E-state index is 0.0724. The van der Waals surface area contributed by atoms with Crippen molar-refractivity contribution < 1.29 is 14.4 Å². The van der Waals surface area contributed by atoms with Crippen molar-refractivity contribution in [1.82, 2.24) is 10.2 Å². The predicted molar refractivity (Wildman–Crippen MR) is 95.8 cm³/mol. The van der Waals surface area contributed by atoms with Gasteiger partial charge in [-0.2, -0.15) is 0 Å². The Morgan fingerprint density at radius 3 is 1.92 bits per heavy atom. The molecule has 6 fully saturated rings. The summed E-state index contributed by atoms with van der Waals surface area (Å²) < 4.78 is 0. The molecular weight excluding hydrogens is 328 g/mol. The summed E-state index contributed by atoms with van der Waals surface area (Å²) in [6.45, 7) is 0.662. The van der Waals surface area contributed by atoms with Crippen LogP contribution in [0.2, 0.25) is 0 Å². The summed E-state index contributed by atoms with van der Waals surface area (Å²) in [5.41, 5.74) is 0.289. The van der Waals surface area contributed by atoms with Crippen molar-refractivity contribution in [3.63, 3.8) is 0 Å². The second-order valence-corrected chi connectivity index (χ2v) is 9.95. The van der Waals surface area contributed by atoms with Gasteiger partial charge in [-0.25, -0.2) is 0 Å². The molecule has 2 unspecified atom stereocenters. The molecule has 6 rings (SSSR count). The summed E-state index contributed by atoms with van der Waals surface area (Å²) in [5, 5.41) is 3.10. The monoisotopic (exact) mass is 358 g/mol. The third-order valence-electron chi connectivity index (χ3n) is 8.06. The molecule has 5 heteroatoms. The van der Waals surface area contributed by atoms with Crippen LogP contribution in [0, 0.1) is 35.0 Å². The van der Waals surface area contributed by atoms with Crippen LogP contribution >= 0.6 is 0 Å². The van der Waals surface area contributed by atoms with Crippen molar-refractivity contribution in [2.45, 2.75) is 64.2 Å². The molecule has 5 aliphatic carbocycles. The Labute approximate surface area is 155 Å². The summed E-state index contributed by atoms with van der Waals surface area (Å²) in [6, 6.07) is 0. The van der Waals surface area contributed by atoms with Crippen LogP contribution in [0.5, 0.6) is 0 Å². The largest absolute Gasteiger partial charge is 0.354 e. The molecule has 5 saturated carbocycles. The van der Waals surface area contributed by atoms with Gasteiger partial charge in [0.05, 0.1) is 11.8 Å². The highest BCUT2D eigenvalue weighted by molar-refractivity contribution is 6.07. The molecule has 26 heavy (non-hydrogen) atoms. The van der Waals surface area contributed by atoms with E-state index in [-0.39, 0.29) is 41.5 Å². The van der Waals surface area contributed by atoms with Crippen molar-refractivity contribution in [3.05, 3.63) is 0 Å². The number of fused-ring (bicyclic) bond motifs is 1.